The molecule has 1 aliphatic rings. The average Bonchev–Trinajstić information content (AvgIpc) is 2.72. The number of rotatable bonds is 3. The lowest BCUT2D eigenvalue weighted by atomic mass is 10.1. The fraction of sp³-hybridized carbons (Fsp3) is 0.500. The fourth-order valence-corrected chi connectivity index (χ4v) is 2.19. The van der Waals surface area contributed by atoms with E-state index in [0.29, 0.717) is 4.57 Å². The van der Waals surface area contributed by atoms with Crippen molar-refractivity contribution >= 4 is 11.5 Å². The van der Waals surface area contributed by atoms with E-state index in [-0.39, 0.29) is 5.56 Å². The first-order chi connectivity index (χ1) is 9.79. The third-order valence-corrected chi connectivity index (χ3v) is 3.39. The molecule has 0 radical (unpaired) electrons. The third kappa shape index (κ3) is 2.44. The van der Waals surface area contributed by atoms with E-state index in [4.69, 9.17) is 15.6 Å². The van der Waals surface area contributed by atoms with Gasteiger partial charge in [-0.3, -0.25) is 14.2 Å². The van der Waals surface area contributed by atoms with Gasteiger partial charge in [-0.1, -0.05) is 0 Å². The summed E-state index contributed by atoms with van der Waals surface area (Å²) >= 11 is 0. The Kier molecular flexibility index (Phi) is 4.10. The topological polar surface area (TPSA) is 135 Å². The molecule has 0 amide bonds. The van der Waals surface area contributed by atoms with Crippen LogP contribution in [0.25, 0.3) is 0 Å². The molecule has 1 aliphatic heterocycles. The van der Waals surface area contributed by atoms with Crippen LogP contribution in [0.1, 0.15) is 23.5 Å². The monoisotopic (exact) mass is 302 g/mol. The van der Waals surface area contributed by atoms with E-state index >= 15 is 0 Å². The van der Waals surface area contributed by atoms with Gasteiger partial charge in [-0.25, -0.2) is 0 Å². The summed E-state index contributed by atoms with van der Waals surface area (Å²) < 4.78 is 19.6. The zero-order chi connectivity index (χ0) is 15.9. The summed E-state index contributed by atoms with van der Waals surface area (Å²) in [6.07, 6.45) is -4.61. The molecule has 0 saturated carbocycles. The first-order valence-electron chi connectivity index (χ1n) is 6.13. The number of aliphatic hydroxyl groups is 3. The Labute approximate surface area is 118 Å². The van der Waals surface area contributed by atoms with Crippen molar-refractivity contribution in [3.63, 3.8) is 0 Å². The molecule has 116 valence electrons. The lowest BCUT2D eigenvalue weighted by Gasteiger charge is -2.19. The van der Waals surface area contributed by atoms with Gasteiger partial charge in [0, 0.05) is 6.20 Å². The highest BCUT2D eigenvalue weighted by molar-refractivity contribution is 5.98. The second kappa shape index (κ2) is 5.53. The van der Waals surface area contributed by atoms with Gasteiger partial charge in [0.1, 0.15) is 18.3 Å². The number of hydrogen-bond donors (Lipinski definition) is 4. The molecule has 0 aliphatic carbocycles. The Hall–Kier alpha value is -1.81. The minimum absolute atomic E-state index is 0.246. The molecule has 5 N–H and O–H groups in total. The van der Waals surface area contributed by atoms with Crippen LogP contribution in [0.15, 0.2) is 11.0 Å². The van der Waals surface area contributed by atoms with E-state index in [9.17, 15) is 24.2 Å². The largest absolute Gasteiger partial charge is 0.396 e. The lowest BCUT2D eigenvalue weighted by Crippen LogP contribution is -2.36. The number of aromatic nitrogens is 1. The summed E-state index contributed by atoms with van der Waals surface area (Å²) in [5.74, 6) is -1.92. The summed E-state index contributed by atoms with van der Waals surface area (Å²) in [4.78, 5) is 23.3. The average molecular weight is 302 g/mol. The molecule has 9 heteroatoms. The van der Waals surface area contributed by atoms with Gasteiger partial charge in [-0.2, -0.15) is 4.39 Å². The summed E-state index contributed by atoms with van der Waals surface area (Å²) in [5.41, 5.74) is 3.33. The van der Waals surface area contributed by atoms with Crippen LogP contribution in [0.2, 0.25) is 0 Å². The first-order valence-corrected chi connectivity index (χ1v) is 6.13. The minimum atomic E-state index is -1.57. The predicted molar refractivity (Wildman–Crippen MR) is 68.1 cm³/mol. The molecule has 1 aromatic rings. The SMILES string of the molecule is CC(=O)c1cn(C2O[C@H](CO)[C@@H](O)[C@H]2O)c(=O)c(F)c1N. The molecule has 4 atom stereocenters. The van der Waals surface area contributed by atoms with Crippen molar-refractivity contribution in [2.45, 2.75) is 31.5 Å². The van der Waals surface area contributed by atoms with Gasteiger partial charge in [-0.15, -0.1) is 0 Å². The van der Waals surface area contributed by atoms with E-state index in [0.717, 1.165) is 13.1 Å². The highest BCUT2D eigenvalue weighted by Gasteiger charge is 2.44. The summed E-state index contributed by atoms with van der Waals surface area (Å²) in [7, 11) is 0. The maximum absolute atomic E-state index is 13.8. The molecule has 0 aromatic carbocycles. The predicted octanol–water partition coefficient (Wildman–Crippen LogP) is -1.62. The number of pyridine rings is 1. The van der Waals surface area contributed by atoms with Crippen molar-refractivity contribution in [3.8, 4) is 0 Å². The molecule has 21 heavy (non-hydrogen) atoms. The van der Waals surface area contributed by atoms with Gasteiger partial charge in [0.15, 0.2) is 12.0 Å². The molecule has 1 aromatic heterocycles. The lowest BCUT2D eigenvalue weighted by molar-refractivity contribution is -0.0548. The smallest absolute Gasteiger partial charge is 0.290 e. The highest BCUT2D eigenvalue weighted by Crippen LogP contribution is 2.29. The maximum Gasteiger partial charge on any atom is 0.290 e. The van der Waals surface area contributed by atoms with Gasteiger partial charge in [-0.05, 0) is 6.92 Å². The number of carbonyl (C=O) groups excluding carboxylic acids is 1. The van der Waals surface area contributed by atoms with Crippen LogP contribution in [0.5, 0.6) is 0 Å². The van der Waals surface area contributed by atoms with Crippen molar-refractivity contribution in [2.24, 2.45) is 0 Å². The second-order valence-electron chi connectivity index (χ2n) is 4.77. The minimum Gasteiger partial charge on any atom is -0.396 e. The second-order valence-corrected chi connectivity index (χ2v) is 4.77. The Morgan fingerprint density at radius 1 is 1.48 bits per heavy atom. The Morgan fingerprint density at radius 3 is 2.57 bits per heavy atom. The van der Waals surface area contributed by atoms with Gasteiger partial charge in [0.05, 0.1) is 17.9 Å². The number of nitrogens with zero attached hydrogens (tertiary/aromatic N) is 1. The Balaban J connectivity index is 2.55. The van der Waals surface area contributed by atoms with Crippen LogP contribution in [0, 0.1) is 5.82 Å². The van der Waals surface area contributed by atoms with Crippen LogP contribution in [0.4, 0.5) is 10.1 Å². The molecule has 8 nitrogen and oxygen atoms in total. The molecule has 1 unspecified atom stereocenters. The molecule has 0 spiro atoms. The Bertz CT molecular complexity index is 631. The van der Waals surface area contributed by atoms with Crippen molar-refractivity contribution in [3.05, 3.63) is 27.9 Å². The number of nitrogen functional groups attached to an aromatic ring is 1. The highest BCUT2D eigenvalue weighted by atomic mass is 19.1. The molecular formula is C12H15FN2O6. The van der Waals surface area contributed by atoms with Gasteiger partial charge < -0.3 is 25.8 Å². The number of anilines is 1. The van der Waals surface area contributed by atoms with Crippen LogP contribution in [0.3, 0.4) is 0 Å². The standard InChI is InChI=1S/C12H15FN2O6/c1-4(17)5-2-15(11(20)7(13)8(5)14)12-10(19)9(18)6(3-16)21-12/h2,6,9-10,12,16,18-19H,3,14H2,1H3/t6-,9-,10-,12?/m1/s1. The van der Waals surface area contributed by atoms with Crippen LogP contribution in [-0.4, -0.2) is 50.6 Å². The van der Waals surface area contributed by atoms with Gasteiger partial charge in [0.2, 0.25) is 5.82 Å². The van der Waals surface area contributed by atoms with Crippen molar-refractivity contribution < 1.29 is 29.2 Å². The molecule has 1 fully saturated rings. The van der Waals surface area contributed by atoms with Gasteiger partial charge in [0.25, 0.3) is 5.56 Å². The summed E-state index contributed by atoms with van der Waals surface area (Å²) in [5, 5.41) is 28.5. The molecule has 1 saturated heterocycles. The number of carbonyl (C=O) groups is 1. The number of halogens is 1. The number of hydrogen-bond acceptors (Lipinski definition) is 7. The molecule has 0 bridgehead atoms. The summed E-state index contributed by atoms with van der Waals surface area (Å²) in [6, 6.07) is 0. The maximum atomic E-state index is 13.8. The first kappa shape index (κ1) is 15.6. The van der Waals surface area contributed by atoms with Crippen molar-refractivity contribution in [1.82, 2.24) is 4.57 Å². The zero-order valence-corrected chi connectivity index (χ0v) is 11.1. The van der Waals surface area contributed by atoms with E-state index in [1.54, 1.807) is 0 Å². The van der Waals surface area contributed by atoms with E-state index in [2.05, 4.69) is 0 Å². The molecular weight excluding hydrogens is 287 g/mol. The zero-order valence-electron chi connectivity index (χ0n) is 11.1. The number of Topliss-reactive ketones (excluding diaryl/α,β-unsaturated/α-hetero) is 1. The van der Waals surface area contributed by atoms with Crippen LogP contribution in [-0.2, 0) is 4.74 Å². The normalized spacial score (nSPS) is 28.8. The van der Waals surface area contributed by atoms with E-state index in [1.807, 2.05) is 0 Å². The Morgan fingerprint density at radius 2 is 2.10 bits per heavy atom. The van der Waals surface area contributed by atoms with Crippen molar-refractivity contribution in [1.29, 1.82) is 0 Å². The molecule has 2 heterocycles. The van der Waals surface area contributed by atoms with Crippen LogP contribution < -0.4 is 11.3 Å². The van der Waals surface area contributed by atoms with E-state index in [1.165, 1.54) is 0 Å². The summed E-state index contributed by atoms with van der Waals surface area (Å²) in [6.45, 7) is 0.539. The number of ketones is 1. The fourth-order valence-electron chi connectivity index (χ4n) is 2.19. The third-order valence-electron chi connectivity index (χ3n) is 3.39. The number of aliphatic hydroxyl groups excluding tert-OH is 3. The number of ether oxygens (including phenoxy) is 1. The molecule has 2 rings (SSSR count). The van der Waals surface area contributed by atoms with Gasteiger partial charge >= 0.3 is 0 Å². The van der Waals surface area contributed by atoms with Crippen molar-refractivity contribution in [2.75, 3.05) is 12.3 Å². The quantitative estimate of drug-likeness (QED) is 0.493. The van der Waals surface area contributed by atoms with E-state index < -0.39 is 54.0 Å². The number of nitrogens with two attached hydrogens (primary N) is 1. The van der Waals surface area contributed by atoms with Crippen LogP contribution >= 0.6 is 0 Å².